The van der Waals surface area contributed by atoms with E-state index in [2.05, 4.69) is 5.32 Å². The van der Waals surface area contributed by atoms with Crippen LogP contribution in [0.2, 0.25) is 10.0 Å². The normalized spacial score (nSPS) is 10.8. The summed E-state index contributed by atoms with van der Waals surface area (Å²) in [5.74, 6) is -0.284. The summed E-state index contributed by atoms with van der Waals surface area (Å²) in [4.78, 5) is 12.2. The topological polar surface area (TPSA) is 55.1 Å². The number of hydrogen-bond acceptors (Lipinski definition) is 3. The molecule has 0 atom stereocenters. The molecular weight excluding hydrogens is 327 g/mol. The van der Waals surface area contributed by atoms with Crippen molar-refractivity contribution >= 4 is 61.9 Å². The molecule has 0 spiro atoms. The molecular formula is C15H10Cl2N2OS. The van der Waals surface area contributed by atoms with Gasteiger partial charge < -0.3 is 11.1 Å². The molecule has 2 aromatic carbocycles. The standard InChI is InChI=1S/C15H10Cl2N2OS/c16-11-6-9(7-12(17)14(11)18)15(20)19-10-1-2-13-8(5-10)3-4-21-13/h1-7H,18H2,(H,19,20). The lowest BCUT2D eigenvalue weighted by Crippen LogP contribution is -2.12. The van der Waals surface area contributed by atoms with Crippen LogP contribution in [-0.2, 0) is 0 Å². The molecule has 0 bridgehead atoms. The van der Waals surface area contributed by atoms with Gasteiger partial charge in [-0.2, -0.15) is 0 Å². The molecule has 0 fully saturated rings. The molecule has 1 heterocycles. The fourth-order valence-corrected chi connectivity index (χ4v) is 3.22. The lowest BCUT2D eigenvalue weighted by atomic mass is 10.1. The highest BCUT2D eigenvalue weighted by Gasteiger charge is 2.11. The monoisotopic (exact) mass is 336 g/mol. The van der Waals surface area contributed by atoms with Crippen molar-refractivity contribution in [3.63, 3.8) is 0 Å². The number of benzene rings is 2. The number of nitrogens with two attached hydrogens (primary N) is 1. The highest BCUT2D eigenvalue weighted by Crippen LogP contribution is 2.29. The molecule has 3 rings (SSSR count). The minimum absolute atomic E-state index is 0.265. The van der Waals surface area contributed by atoms with E-state index >= 15 is 0 Å². The Bertz CT molecular complexity index is 822. The molecule has 3 aromatic rings. The number of halogens is 2. The summed E-state index contributed by atoms with van der Waals surface area (Å²) in [5.41, 5.74) is 7.02. The molecule has 0 radical (unpaired) electrons. The molecule has 1 amide bonds. The van der Waals surface area contributed by atoms with Crippen molar-refractivity contribution in [3.05, 3.63) is 57.4 Å². The number of carbonyl (C=O) groups is 1. The number of anilines is 2. The van der Waals surface area contributed by atoms with Crippen molar-refractivity contribution in [3.8, 4) is 0 Å². The Balaban J connectivity index is 1.88. The molecule has 3 N–H and O–H groups in total. The first-order valence-corrected chi connectivity index (χ1v) is 7.71. The van der Waals surface area contributed by atoms with Crippen LogP contribution in [0.15, 0.2) is 41.8 Å². The number of amides is 1. The summed E-state index contributed by atoms with van der Waals surface area (Å²) in [5, 5.41) is 6.45. The van der Waals surface area contributed by atoms with Crippen LogP contribution in [-0.4, -0.2) is 5.91 Å². The van der Waals surface area contributed by atoms with Crippen LogP contribution >= 0.6 is 34.5 Å². The second kappa shape index (κ2) is 5.56. The van der Waals surface area contributed by atoms with E-state index in [9.17, 15) is 4.79 Å². The molecule has 0 unspecified atom stereocenters. The van der Waals surface area contributed by atoms with E-state index in [1.54, 1.807) is 11.3 Å². The number of nitrogens with one attached hydrogen (secondary N) is 1. The Labute approximate surface area is 135 Å². The molecule has 0 aliphatic carbocycles. The number of hydrogen-bond donors (Lipinski definition) is 2. The van der Waals surface area contributed by atoms with Crippen molar-refractivity contribution in [1.82, 2.24) is 0 Å². The van der Waals surface area contributed by atoms with Crippen molar-refractivity contribution < 1.29 is 4.79 Å². The summed E-state index contributed by atoms with van der Waals surface area (Å²) in [6, 6.07) is 10.8. The van der Waals surface area contributed by atoms with Gasteiger partial charge in [0.25, 0.3) is 5.91 Å². The summed E-state index contributed by atoms with van der Waals surface area (Å²) in [6.07, 6.45) is 0. The second-order valence-corrected chi connectivity index (χ2v) is 6.24. The van der Waals surface area contributed by atoms with Crippen LogP contribution in [0, 0.1) is 0 Å². The van der Waals surface area contributed by atoms with Crippen molar-refractivity contribution in [2.45, 2.75) is 0 Å². The maximum absolute atomic E-state index is 12.2. The zero-order chi connectivity index (χ0) is 15.0. The third kappa shape index (κ3) is 2.83. The summed E-state index contributed by atoms with van der Waals surface area (Å²) >= 11 is 13.5. The van der Waals surface area contributed by atoms with Gasteiger partial charge >= 0.3 is 0 Å². The number of nitrogen functional groups attached to an aromatic ring is 1. The van der Waals surface area contributed by atoms with Gasteiger partial charge in [-0.3, -0.25) is 4.79 Å². The Morgan fingerprint density at radius 1 is 1.10 bits per heavy atom. The highest BCUT2D eigenvalue weighted by atomic mass is 35.5. The second-order valence-electron chi connectivity index (χ2n) is 4.48. The third-order valence-corrected chi connectivity index (χ3v) is 4.57. The maximum atomic E-state index is 12.2. The lowest BCUT2D eigenvalue weighted by molar-refractivity contribution is 0.102. The molecule has 0 aliphatic rings. The number of fused-ring (bicyclic) bond motifs is 1. The highest BCUT2D eigenvalue weighted by molar-refractivity contribution is 7.17. The first-order chi connectivity index (χ1) is 10.0. The van der Waals surface area contributed by atoms with E-state index in [0.29, 0.717) is 5.56 Å². The van der Waals surface area contributed by atoms with Gasteiger partial charge in [-0.1, -0.05) is 23.2 Å². The molecule has 3 nitrogen and oxygen atoms in total. The predicted octanol–water partition coefficient (Wildman–Crippen LogP) is 5.04. The Kier molecular flexibility index (Phi) is 3.76. The van der Waals surface area contributed by atoms with Crippen LogP contribution in [0.5, 0.6) is 0 Å². The van der Waals surface area contributed by atoms with Gasteiger partial charge in [-0.05, 0) is 47.2 Å². The van der Waals surface area contributed by atoms with E-state index in [1.165, 1.54) is 16.8 Å². The molecule has 6 heteroatoms. The van der Waals surface area contributed by atoms with Gasteiger partial charge in [0, 0.05) is 16.0 Å². The van der Waals surface area contributed by atoms with E-state index in [-0.39, 0.29) is 21.6 Å². The average Bonchev–Trinajstić information content (AvgIpc) is 2.91. The van der Waals surface area contributed by atoms with Crippen LogP contribution in [0.1, 0.15) is 10.4 Å². The van der Waals surface area contributed by atoms with Crippen LogP contribution < -0.4 is 11.1 Å². The molecule has 0 saturated carbocycles. The first kappa shape index (κ1) is 14.2. The van der Waals surface area contributed by atoms with Crippen molar-refractivity contribution in [2.24, 2.45) is 0 Å². The summed E-state index contributed by atoms with van der Waals surface area (Å²) in [7, 11) is 0. The van der Waals surface area contributed by atoms with Gasteiger partial charge in [0.1, 0.15) is 0 Å². The first-order valence-electron chi connectivity index (χ1n) is 6.08. The van der Waals surface area contributed by atoms with E-state index in [0.717, 1.165) is 11.1 Å². The Hall–Kier alpha value is -1.75. The van der Waals surface area contributed by atoms with Gasteiger partial charge in [0.05, 0.1) is 15.7 Å². The fourth-order valence-electron chi connectivity index (χ4n) is 1.96. The minimum atomic E-state index is -0.284. The number of carbonyl (C=O) groups excluding carboxylic acids is 1. The molecule has 0 saturated heterocycles. The average molecular weight is 337 g/mol. The third-order valence-electron chi connectivity index (χ3n) is 3.05. The van der Waals surface area contributed by atoms with E-state index in [4.69, 9.17) is 28.9 Å². The van der Waals surface area contributed by atoms with Gasteiger partial charge in [-0.25, -0.2) is 0 Å². The quantitative estimate of drug-likeness (QED) is 0.644. The van der Waals surface area contributed by atoms with E-state index < -0.39 is 0 Å². The Morgan fingerprint density at radius 2 is 1.81 bits per heavy atom. The van der Waals surface area contributed by atoms with Crippen molar-refractivity contribution in [2.75, 3.05) is 11.1 Å². The summed E-state index contributed by atoms with van der Waals surface area (Å²) in [6.45, 7) is 0. The van der Waals surface area contributed by atoms with Gasteiger partial charge in [0.2, 0.25) is 0 Å². The predicted molar refractivity (Wildman–Crippen MR) is 90.7 cm³/mol. The van der Waals surface area contributed by atoms with Crippen molar-refractivity contribution in [1.29, 1.82) is 0 Å². The lowest BCUT2D eigenvalue weighted by Gasteiger charge is -2.08. The molecule has 21 heavy (non-hydrogen) atoms. The number of rotatable bonds is 2. The zero-order valence-electron chi connectivity index (χ0n) is 10.7. The van der Waals surface area contributed by atoms with Crippen LogP contribution in [0.4, 0.5) is 11.4 Å². The number of thiophene rings is 1. The Morgan fingerprint density at radius 3 is 2.52 bits per heavy atom. The molecule has 0 aliphatic heterocycles. The zero-order valence-corrected chi connectivity index (χ0v) is 13.0. The maximum Gasteiger partial charge on any atom is 0.255 e. The summed E-state index contributed by atoms with van der Waals surface area (Å²) < 4.78 is 1.17. The minimum Gasteiger partial charge on any atom is -0.396 e. The molecule has 1 aromatic heterocycles. The largest absolute Gasteiger partial charge is 0.396 e. The smallest absolute Gasteiger partial charge is 0.255 e. The van der Waals surface area contributed by atoms with Crippen LogP contribution in [0.25, 0.3) is 10.1 Å². The fraction of sp³-hybridized carbons (Fsp3) is 0. The van der Waals surface area contributed by atoms with Gasteiger partial charge in [0.15, 0.2) is 0 Å². The van der Waals surface area contributed by atoms with Crippen LogP contribution in [0.3, 0.4) is 0 Å². The van der Waals surface area contributed by atoms with E-state index in [1.807, 2.05) is 29.6 Å². The SMILES string of the molecule is Nc1c(Cl)cc(C(=O)Nc2ccc3sccc3c2)cc1Cl. The van der Waals surface area contributed by atoms with Gasteiger partial charge in [-0.15, -0.1) is 11.3 Å². The molecule has 106 valence electrons.